The van der Waals surface area contributed by atoms with E-state index in [0.29, 0.717) is 5.56 Å². The summed E-state index contributed by atoms with van der Waals surface area (Å²) >= 11 is 0. The molecule has 0 amide bonds. The Morgan fingerprint density at radius 3 is 2.75 bits per heavy atom. The highest BCUT2D eigenvalue weighted by atomic mass is 32.2. The van der Waals surface area contributed by atoms with Crippen LogP contribution in [0.15, 0.2) is 29.2 Å². The van der Waals surface area contributed by atoms with Gasteiger partial charge in [0.2, 0.25) is 10.0 Å². The van der Waals surface area contributed by atoms with Crippen molar-refractivity contribution in [3.63, 3.8) is 0 Å². The number of nitrogens with one attached hydrogen (secondary N) is 1. The second kappa shape index (κ2) is 7.65. The van der Waals surface area contributed by atoms with Crippen LogP contribution in [0.5, 0.6) is 0 Å². The van der Waals surface area contributed by atoms with Crippen LogP contribution in [0, 0.1) is 11.8 Å². The van der Waals surface area contributed by atoms with E-state index >= 15 is 0 Å². The van der Waals surface area contributed by atoms with Crippen LogP contribution in [-0.4, -0.2) is 39.8 Å². The third kappa shape index (κ3) is 4.66. The van der Waals surface area contributed by atoms with Crippen LogP contribution in [0.4, 0.5) is 0 Å². The van der Waals surface area contributed by atoms with Crippen molar-refractivity contribution < 1.29 is 23.1 Å². The van der Waals surface area contributed by atoms with Gasteiger partial charge in [0.15, 0.2) is 0 Å². The molecule has 2 N–H and O–H groups in total. The van der Waals surface area contributed by atoms with E-state index in [2.05, 4.69) is 21.3 Å². The molecule has 0 fully saturated rings. The molecule has 0 heterocycles. The Bertz CT molecular complexity index is 628. The number of methoxy groups -OCH3 is 1. The van der Waals surface area contributed by atoms with Crippen molar-refractivity contribution >= 4 is 16.0 Å². The highest BCUT2D eigenvalue weighted by Crippen LogP contribution is 2.14. The predicted molar refractivity (Wildman–Crippen MR) is 72.2 cm³/mol. The molecule has 0 aliphatic heterocycles. The van der Waals surface area contributed by atoms with Crippen LogP contribution in [0.1, 0.15) is 12.0 Å². The third-order valence-corrected chi connectivity index (χ3v) is 3.73. The standard InChI is InChI=1S/C13H15NO5S/c1-19-13(16)10-14-20(17,18)12-8-3-2-6-11(12)7-4-5-9-15/h2-3,6,8,14-15H,5,9-10H2,1H3. The molecular weight excluding hydrogens is 282 g/mol. The molecule has 108 valence electrons. The fraction of sp³-hybridized carbons (Fsp3) is 0.308. The topological polar surface area (TPSA) is 92.7 Å². The van der Waals surface area contributed by atoms with Gasteiger partial charge in [-0.15, -0.1) is 0 Å². The van der Waals surface area contributed by atoms with Crippen molar-refractivity contribution in [1.29, 1.82) is 0 Å². The van der Waals surface area contributed by atoms with Gasteiger partial charge in [-0.05, 0) is 12.1 Å². The Kier molecular flexibility index (Phi) is 6.18. The van der Waals surface area contributed by atoms with Crippen molar-refractivity contribution in [2.75, 3.05) is 20.3 Å². The maximum Gasteiger partial charge on any atom is 0.320 e. The molecular formula is C13H15NO5S. The number of carbonyl (C=O) groups excluding carboxylic acids is 1. The minimum atomic E-state index is -3.85. The first-order chi connectivity index (χ1) is 9.51. The van der Waals surface area contributed by atoms with Gasteiger partial charge in [0.1, 0.15) is 6.54 Å². The molecule has 20 heavy (non-hydrogen) atoms. The van der Waals surface area contributed by atoms with Gasteiger partial charge in [-0.3, -0.25) is 4.79 Å². The summed E-state index contributed by atoms with van der Waals surface area (Å²) in [6.07, 6.45) is 0.254. The lowest BCUT2D eigenvalue weighted by Gasteiger charge is -2.07. The zero-order valence-corrected chi connectivity index (χ0v) is 11.7. The molecule has 0 aliphatic rings. The second-order valence-corrected chi connectivity index (χ2v) is 5.41. The minimum absolute atomic E-state index is 0.0191. The van der Waals surface area contributed by atoms with Crippen molar-refractivity contribution in [2.45, 2.75) is 11.3 Å². The molecule has 0 bridgehead atoms. The van der Waals surface area contributed by atoms with Crippen LogP contribution in [-0.2, 0) is 19.6 Å². The van der Waals surface area contributed by atoms with E-state index in [1.807, 2.05) is 0 Å². The summed E-state index contributed by atoms with van der Waals surface area (Å²) in [7, 11) is -2.68. The van der Waals surface area contributed by atoms with E-state index < -0.39 is 22.5 Å². The molecule has 6 nitrogen and oxygen atoms in total. The minimum Gasteiger partial charge on any atom is -0.468 e. The monoisotopic (exact) mass is 297 g/mol. The average Bonchev–Trinajstić information content (AvgIpc) is 2.45. The number of aliphatic hydroxyl groups is 1. The van der Waals surface area contributed by atoms with Crippen LogP contribution < -0.4 is 4.72 Å². The van der Waals surface area contributed by atoms with Gasteiger partial charge in [0.25, 0.3) is 0 Å². The van der Waals surface area contributed by atoms with Gasteiger partial charge in [-0.25, -0.2) is 8.42 Å². The Hall–Kier alpha value is -1.88. The van der Waals surface area contributed by atoms with Gasteiger partial charge >= 0.3 is 5.97 Å². The quantitative estimate of drug-likeness (QED) is 0.583. The molecule has 0 aromatic heterocycles. The maximum absolute atomic E-state index is 12.1. The molecule has 0 spiro atoms. The molecule has 0 unspecified atom stereocenters. The summed E-state index contributed by atoms with van der Waals surface area (Å²) in [5, 5.41) is 8.66. The first-order valence-electron chi connectivity index (χ1n) is 5.76. The molecule has 0 atom stereocenters. The first kappa shape index (κ1) is 16.2. The average molecular weight is 297 g/mol. The van der Waals surface area contributed by atoms with Crippen LogP contribution in [0.25, 0.3) is 0 Å². The third-order valence-electron chi connectivity index (χ3n) is 2.27. The Balaban J connectivity index is 3.01. The number of hydrogen-bond acceptors (Lipinski definition) is 5. The van der Waals surface area contributed by atoms with E-state index in [4.69, 9.17) is 5.11 Å². The Morgan fingerprint density at radius 1 is 1.40 bits per heavy atom. The zero-order chi connectivity index (χ0) is 15.0. The van der Waals surface area contributed by atoms with Crippen LogP contribution in [0.2, 0.25) is 0 Å². The highest BCUT2D eigenvalue weighted by molar-refractivity contribution is 7.89. The number of carbonyl (C=O) groups is 1. The predicted octanol–water partition coefficient (Wildman–Crippen LogP) is -0.128. The number of sulfonamides is 1. The number of rotatable bonds is 5. The van der Waals surface area contributed by atoms with Crippen molar-refractivity contribution in [2.24, 2.45) is 0 Å². The van der Waals surface area contributed by atoms with Crippen molar-refractivity contribution in [1.82, 2.24) is 4.72 Å². The molecule has 0 radical (unpaired) electrons. The van der Waals surface area contributed by atoms with E-state index in [1.54, 1.807) is 18.2 Å². The molecule has 0 saturated heterocycles. The number of aliphatic hydroxyl groups excluding tert-OH is 1. The van der Waals surface area contributed by atoms with Gasteiger partial charge in [-0.2, -0.15) is 4.72 Å². The van der Waals surface area contributed by atoms with E-state index in [9.17, 15) is 13.2 Å². The van der Waals surface area contributed by atoms with Crippen LogP contribution >= 0.6 is 0 Å². The number of hydrogen-bond donors (Lipinski definition) is 2. The van der Waals surface area contributed by atoms with E-state index in [1.165, 1.54) is 13.2 Å². The van der Waals surface area contributed by atoms with Gasteiger partial charge < -0.3 is 9.84 Å². The summed E-state index contributed by atoms with van der Waals surface area (Å²) in [6, 6.07) is 6.16. The molecule has 0 saturated carbocycles. The largest absolute Gasteiger partial charge is 0.468 e. The first-order valence-corrected chi connectivity index (χ1v) is 7.25. The summed E-state index contributed by atoms with van der Waals surface area (Å²) in [5.74, 6) is 4.65. The molecule has 0 aliphatic carbocycles. The van der Waals surface area contributed by atoms with Crippen molar-refractivity contribution in [3.05, 3.63) is 29.8 Å². The summed E-state index contributed by atoms with van der Waals surface area (Å²) in [6.45, 7) is -0.542. The van der Waals surface area contributed by atoms with Gasteiger partial charge in [-0.1, -0.05) is 24.0 Å². The van der Waals surface area contributed by atoms with E-state index in [-0.39, 0.29) is 17.9 Å². The molecule has 7 heteroatoms. The number of esters is 1. The van der Waals surface area contributed by atoms with Crippen LogP contribution in [0.3, 0.4) is 0 Å². The van der Waals surface area contributed by atoms with Gasteiger partial charge in [0, 0.05) is 12.0 Å². The lowest BCUT2D eigenvalue weighted by molar-refractivity contribution is -0.139. The fourth-order valence-electron chi connectivity index (χ4n) is 1.32. The smallest absolute Gasteiger partial charge is 0.320 e. The number of benzene rings is 1. The highest BCUT2D eigenvalue weighted by Gasteiger charge is 2.18. The zero-order valence-electron chi connectivity index (χ0n) is 10.9. The summed E-state index contributed by atoms with van der Waals surface area (Å²) in [5.41, 5.74) is 0.304. The van der Waals surface area contributed by atoms with Crippen molar-refractivity contribution in [3.8, 4) is 11.8 Å². The number of ether oxygens (including phenoxy) is 1. The maximum atomic E-state index is 12.1. The molecule has 1 aromatic rings. The fourth-order valence-corrected chi connectivity index (χ4v) is 2.45. The summed E-state index contributed by atoms with van der Waals surface area (Å²) in [4.78, 5) is 11.0. The normalized spacial score (nSPS) is 10.5. The lowest BCUT2D eigenvalue weighted by Crippen LogP contribution is -2.30. The Labute approximate surface area is 117 Å². The Morgan fingerprint density at radius 2 is 2.10 bits per heavy atom. The molecule has 1 aromatic carbocycles. The molecule has 1 rings (SSSR count). The SMILES string of the molecule is COC(=O)CNS(=O)(=O)c1ccccc1C#CCCO. The van der Waals surface area contributed by atoms with Gasteiger partial charge in [0.05, 0.1) is 18.6 Å². The summed E-state index contributed by atoms with van der Waals surface area (Å²) < 4.78 is 30.6. The second-order valence-electron chi connectivity index (χ2n) is 3.67. The van der Waals surface area contributed by atoms with E-state index in [0.717, 1.165) is 0 Å². The lowest BCUT2D eigenvalue weighted by atomic mass is 10.2.